The van der Waals surface area contributed by atoms with Crippen molar-refractivity contribution in [3.8, 4) is 17.6 Å². The molecule has 0 N–H and O–H groups in total. The highest BCUT2D eigenvalue weighted by Crippen LogP contribution is 2.51. The van der Waals surface area contributed by atoms with Crippen LogP contribution in [0.25, 0.3) is 11.0 Å². The van der Waals surface area contributed by atoms with E-state index in [2.05, 4.69) is 15.6 Å². The van der Waals surface area contributed by atoms with Crippen molar-refractivity contribution in [1.29, 1.82) is 5.26 Å². The van der Waals surface area contributed by atoms with Gasteiger partial charge in [0.05, 0.1) is 35.4 Å². The van der Waals surface area contributed by atoms with Crippen LogP contribution in [0.5, 0.6) is 11.5 Å². The Hall–Kier alpha value is -3.74. The fourth-order valence-electron chi connectivity index (χ4n) is 6.75. The number of hydrogen-bond donors (Lipinski definition) is 0. The van der Waals surface area contributed by atoms with Crippen LogP contribution in [0.1, 0.15) is 74.0 Å². The summed E-state index contributed by atoms with van der Waals surface area (Å²) in [6, 6.07) is 11.0. The number of hydrogen-bond acceptors (Lipinski definition) is 6. The lowest BCUT2D eigenvalue weighted by molar-refractivity contribution is -0.0711. The Kier molecular flexibility index (Phi) is 7.22. The largest absolute Gasteiger partial charge is 0.444 e. The predicted octanol–water partition coefficient (Wildman–Crippen LogP) is 7.57. The average molecular weight is 605 g/mol. The quantitative estimate of drug-likeness (QED) is 0.211. The van der Waals surface area contributed by atoms with Crippen LogP contribution in [-0.2, 0) is 23.5 Å². The zero-order chi connectivity index (χ0) is 29.7. The number of imidazole rings is 1. The van der Waals surface area contributed by atoms with Crippen LogP contribution >= 0.6 is 11.6 Å². The zero-order valence-electron chi connectivity index (χ0n) is 23.8. The molecule has 7 nitrogen and oxygen atoms in total. The molecule has 2 aromatic heterocycles. The fraction of sp³-hybridized carbons (Fsp3) is 0.424. The summed E-state index contributed by atoms with van der Waals surface area (Å²) in [6.45, 7) is 3.13. The third kappa shape index (κ3) is 5.32. The van der Waals surface area contributed by atoms with Crippen LogP contribution in [-0.4, -0.2) is 27.2 Å². The molecular weight excluding hydrogens is 574 g/mol. The minimum Gasteiger partial charge on any atom is -0.444 e. The lowest BCUT2D eigenvalue weighted by Crippen LogP contribution is -2.32. The van der Waals surface area contributed by atoms with Crippen molar-refractivity contribution in [2.45, 2.75) is 76.2 Å². The summed E-state index contributed by atoms with van der Waals surface area (Å²) in [5, 5.41) is 9.61. The Bertz CT molecular complexity index is 1750. The maximum absolute atomic E-state index is 14.9. The molecule has 10 heteroatoms. The molecule has 2 fully saturated rings. The van der Waals surface area contributed by atoms with Crippen LogP contribution < -0.4 is 9.47 Å². The van der Waals surface area contributed by atoms with Gasteiger partial charge in [0.15, 0.2) is 11.5 Å². The van der Waals surface area contributed by atoms with Crippen molar-refractivity contribution < 1.29 is 23.0 Å². The third-order valence-electron chi connectivity index (χ3n) is 9.08. The first-order valence-electron chi connectivity index (χ1n) is 14.8. The van der Waals surface area contributed by atoms with E-state index >= 15 is 0 Å². The molecule has 2 aromatic carbocycles. The number of aromatic nitrogens is 3. The summed E-state index contributed by atoms with van der Waals surface area (Å²) < 4.78 is 50.0. The van der Waals surface area contributed by atoms with Gasteiger partial charge >= 0.3 is 0 Å². The van der Waals surface area contributed by atoms with E-state index in [-0.39, 0.29) is 28.4 Å². The van der Waals surface area contributed by atoms with Gasteiger partial charge < -0.3 is 18.8 Å². The van der Waals surface area contributed by atoms with Gasteiger partial charge in [-0.3, -0.25) is 0 Å². The van der Waals surface area contributed by atoms with Gasteiger partial charge in [0.2, 0.25) is 0 Å². The van der Waals surface area contributed by atoms with E-state index in [1.54, 1.807) is 25.3 Å². The van der Waals surface area contributed by atoms with Crippen LogP contribution in [0.2, 0.25) is 5.02 Å². The molecular formula is C33H31ClF2N4O3. The topological polar surface area (TPSA) is 82.2 Å². The molecule has 2 aliphatic heterocycles. The maximum atomic E-state index is 14.9. The van der Waals surface area contributed by atoms with E-state index in [9.17, 15) is 14.0 Å². The Morgan fingerprint density at radius 2 is 1.95 bits per heavy atom. The summed E-state index contributed by atoms with van der Waals surface area (Å²) >= 11 is 5.96. The van der Waals surface area contributed by atoms with Gasteiger partial charge in [0.25, 0.3) is 5.79 Å². The Morgan fingerprint density at radius 3 is 2.72 bits per heavy atom. The highest BCUT2D eigenvalue weighted by Gasteiger charge is 2.43. The SMILES string of the molecule is CC1(c2ccc(Cl)cc2F)Oc2cc(F)cc(C3CCCC(Cc4nc5cc(C#N)ncc5n4C[C@@H]4CCO4)CC3)c2O1. The number of nitriles is 1. The van der Waals surface area contributed by atoms with Crippen molar-refractivity contribution >= 4 is 22.6 Å². The number of fused-ring (bicyclic) bond motifs is 2. The van der Waals surface area contributed by atoms with Crippen molar-refractivity contribution in [3.63, 3.8) is 0 Å². The number of pyridine rings is 1. The normalized spacial score (nSPS) is 24.9. The minimum absolute atomic E-state index is 0.0695. The van der Waals surface area contributed by atoms with Crippen LogP contribution in [0.15, 0.2) is 42.6 Å². The van der Waals surface area contributed by atoms with Crippen molar-refractivity contribution in [2.24, 2.45) is 5.92 Å². The lowest BCUT2D eigenvalue weighted by Gasteiger charge is -2.28. The summed E-state index contributed by atoms with van der Waals surface area (Å²) in [7, 11) is 0. The van der Waals surface area contributed by atoms with Crippen molar-refractivity contribution in [3.05, 3.63) is 81.9 Å². The number of rotatable bonds is 6. The molecule has 4 heterocycles. The molecule has 4 aromatic rings. The van der Waals surface area contributed by atoms with E-state index in [0.717, 1.165) is 74.0 Å². The molecule has 4 atom stereocenters. The molecule has 222 valence electrons. The predicted molar refractivity (Wildman–Crippen MR) is 156 cm³/mol. The summed E-state index contributed by atoms with van der Waals surface area (Å²) in [4.78, 5) is 9.23. The number of ether oxygens (including phenoxy) is 3. The Balaban J connectivity index is 1.11. The molecule has 43 heavy (non-hydrogen) atoms. The molecule has 0 amide bonds. The van der Waals surface area contributed by atoms with Gasteiger partial charge in [-0.15, -0.1) is 0 Å². The highest BCUT2D eigenvalue weighted by molar-refractivity contribution is 6.30. The molecule has 1 aliphatic carbocycles. The van der Waals surface area contributed by atoms with Gasteiger partial charge in [-0.2, -0.15) is 5.26 Å². The monoisotopic (exact) mass is 604 g/mol. The second kappa shape index (κ2) is 11.1. The Morgan fingerprint density at radius 1 is 1.09 bits per heavy atom. The van der Waals surface area contributed by atoms with Gasteiger partial charge in [0.1, 0.15) is 29.2 Å². The van der Waals surface area contributed by atoms with Gasteiger partial charge in [-0.1, -0.05) is 18.0 Å². The number of halogens is 3. The van der Waals surface area contributed by atoms with E-state index < -0.39 is 17.4 Å². The maximum Gasteiger partial charge on any atom is 0.278 e. The van der Waals surface area contributed by atoms with Crippen LogP contribution in [0.4, 0.5) is 8.78 Å². The second-order valence-electron chi connectivity index (χ2n) is 12.0. The highest BCUT2D eigenvalue weighted by atomic mass is 35.5. The molecule has 0 bridgehead atoms. The summed E-state index contributed by atoms with van der Waals surface area (Å²) in [5.41, 5.74) is 3.01. The second-order valence-corrected chi connectivity index (χ2v) is 12.4. The third-order valence-corrected chi connectivity index (χ3v) is 9.31. The van der Waals surface area contributed by atoms with Crippen molar-refractivity contribution in [2.75, 3.05) is 6.61 Å². The smallest absolute Gasteiger partial charge is 0.278 e. The van der Waals surface area contributed by atoms with Gasteiger partial charge in [-0.05, 0) is 68.2 Å². The first-order valence-corrected chi connectivity index (χ1v) is 15.2. The van der Waals surface area contributed by atoms with E-state index in [1.807, 2.05) is 0 Å². The number of benzene rings is 2. The van der Waals surface area contributed by atoms with Gasteiger partial charge in [-0.25, -0.2) is 18.7 Å². The molecule has 0 spiro atoms. The van der Waals surface area contributed by atoms with E-state index in [4.69, 9.17) is 30.8 Å². The Labute approximate surface area is 253 Å². The van der Waals surface area contributed by atoms with E-state index in [1.165, 1.54) is 24.3 Å². The molecule has 3 unspecified atom stereocenters. The summed E-state index contributed by atoms with van der Waals surface area (Å²) in [6.07, 6.45) is 8.36. The van der Waals surface area contributed by atoms with Crippen LogP contribution in [0.3, 0.4) is 0 Å². The van der Waals surface area contributed by atoms with Crippen LogP contribution in [0, 0.1) is 28.9 Å². The first kappa shape index (κ1) is 28.1. The summed E-state index contributed by atoms with van der Waals surface area (Å²) in [5.74, 6) is -0.188. The standard InChI is InChI=1S/C33H31ClF2N4O3/c1-33(26-8-7-21(34)12-27(26)36)42-30-14-22(35)13-25(32(30)43-33)20-4-2-3-19(5-6-20)11-31-39-28-15-23(16-37)38-17-29(28)40(31)18-24-9-10-41-24/h7-8,12-15,17,19-20,24H,2-6,9-11,18H2,1H3/t19?,20?,24-,33?/m0/s1. The molecule has 1 saturated carbocycles. The zero-order valence-corrected chi connectivity index (χ0v) is 24.5. The number of nitrogens with zero attached hydrogens (tertiary/aromatic N) is 4. The fourth-order valence-corrected chi connectivity index (χ4v) is 6.91. The molecule has 1 saturated heterocycles. The molecule has 0 radical (unpaired) electrons. The first-order chi connectivity index (χ1) is 20.8. The molecule has 3 aliphatic rings. The average Bonchev–Trinajstić information content (AvgIpc) is 3.36. The van der Waals surface area contributed by atoms with E-state index in [0.29, 0.717) is 23.9 Å². The van der Waals surface area contributed by atoms with Gasteiger partial charge in [0, 0.05) is 42.7 Å². The molecule has 7 rings (SSSR count). The minimum atomic E-state index is -1.43. The lowest BCUT2D eigenvalue weighted by atomic mass is 9.89. The van der Waals surface area contributed by atoms with Crippen molar-refractivity contribution in [1.82, 2.24) is 14.5 Å².